The van der Waals surface area contributed by atoms with Crippen LogP contribution in [0.2, 0.25) is 0 Å². The van der Waals surface area contributed by atoms with E-state index >= 15 is 0 Å². The van der Waals surface area contributed by atoms with Gasteiger partial charge in [-0.2, -0.15) is 0 Å². The van der Waals surface area contributed by atoms with Gasteiger partial charge in [0, 0.05) is 19.5 Å². The third-order valence-corrected chi connectivity index (χ3v) is 4.57. The first-order valence-electron chi connectivity index (χ1n) is 9.07. The molecule has 1 unspecified atom stereocenters. The third kappa shape index (κ3) is 6.90. The van der Waals surface area contributed by atoms with Crippen LogP contribution in [0.1, 0.15) is 53.4 Å². The molecule has 0 bridgehead atoms. The van der Waals surface area contributed by atoms with E-state index in [4.69, 9.17) is 0 Å². The number of hydrogen-bond donors (Lipinski definition) is 2. The van der Waals surface area contributed by atoms with Crippen LogP contribution in [0.3, 0.4) is 0 Å². The van der Waals surface area contributed by atoms with Gasteiger partial charge in [-0.15, -0.1) is 0 Å². The Morgan fingerprint density at radius 1 is 1.13 bits per heavy atom. The highest BCUT2D eigenvalue weighted by atomic mass is 16.2. The zero-order valence-electron chi connectivity index (χ0n) is 15.5. The van der Waals surface area contributed by atoms with Crippen LogP contribution in [0.4, 0.5) is 0 Å². The Morgan fingerprint density at radius 2 is 1.74 bits per heavy atom. The summed E-state index contributed by atoms with van der Waals surface area (Å²) in [6.45, 7) is 10.7. The van der Waals surface area contributed by atoms with Gasteiger partial charge in [0.25, 0.3) is 0 Å². The second kappa shape index (κ2) is 9.91. The van der Waals surface area contributed by atoms with Crippen molar-refractivity contribution in [3.63, 3.8) is 0 Å². The topological polar surface area (TPSA) is 61.4 Å². The lowest BCUT2D eigenvalue weighted by Gasteiger charge is -2.35. The predicted molar refractivity (Wildman–Crippen MR) is 94.1 cm³/mol. The molecule has 1 atom stereocenters. The van der Waals surface area contributed by atoms with E-state index in [0.29, 0.717) is 18.3 Å². The lowest BCUT2D eigenvalue weighted by atomic mass is 9.92. The van der Waals surface area contributed by atoms with E-state index in [2.05, 4.69) is 10.6 Å². The fourth-order valence-corrected chi connectivity index (χ4v) is 3.10. The maximum atomic E-state index is 12.8. The lowest BCUT2D eigenvalue weighted by molar-refractivity contribution is -0.139. The molecule has 1 aliphatic heterocycles. The van der Waals surface area contributed by atoms with Crippen molar-refractivity contribution >= 4 is 11.8 Å². The van der Waals surface area contributed by atoms with Crippen LogP contribution < -0.4 is 10.6 Å². The van der Waals surface area contributed by atoms with E-state index in [1.54, 1.807) is 0 Å². The molecular formula is C18H35N3O2. The van der Waals surface area contributed by atoms with E-state index < -0.39 is 6.04 Å². The van der Waals surface area contributed by atoms with Gasteiger partial charge in [0.1, 0.15) is 6.04 Å². The van der Waals surface area contributed by atoms with Gasteiger partial charge in [-0.25, -0.2) is 0 Å². The largest absolute Gasteiger partial charge is 0.344 e. The summed E-state index contributed by atoms with van der Waals surface area (Å²) in [5.41, 5.74) is 0. The van der Waals surface area contributed by atoms with Crippen LogP contribution in [0.25, 0.3) is 0 Å². The van der Waals surface area contributed by atoms with Gasteiger partial charge in [0.05, 0.1) is 0 Å². The number of nitrogens with one attached hydrogen (secondary N) is 2. The molecule has 1 saturated heterocycles. The molecule has 2 amide bonds. The minimum atomic E-state index is -0.393. The summed E-state index contributed by atoms with van der Waals surface area (Å²) in [6.07, 6.45) is 3.79. The number of amides is 2. The van der Waals surface area contributed by atoms with Crippen molar-refractivity contribution in [1.29, 1.82) is 0 Å². The van der Waals surface area contributed by atoms with Crippen molar-refractivity contribution in [3.8, 4) is 0 Å². The summed E-state index contributed by atoms with van der Waals surface area (Å²) in [6, 6.07) is -0.393. The van der Waals surface area contributed by atoms with Crippen molar-refractivity contribution in [3.05, 3.63) is 0 Å². The summed E-state index contributed by atoms with van der Waals surface area (Å²) in [5, 5.41) is 6.14. The van der Waals surface area contributed by atoms with Gasteiger partial charge in [0.2, 0.25) is 11.8 Å². The van der Waals surface area contributed by atoms with Gasteiger partial charge in [-0.05, 0) is 50.6 Å². The number of nitrogens with zero attached hydrogens (tertiary/aromatic N) is 1. The van der Waals surface area contributed by atoms with E-state index in [9.17, 15) is 9.59 Å². The number of carbonyl (C=O) groups is 2. The van der Waals surface area contributed by atoms with E-state index in [1.807, 2.05) is 39.6 Å². The number of piperidine rings is 1. The first kappa shape index (κ1) is 19.9. The molecule has 2 N–H and O–H groups in total. The standard InChI is InChI=1S/C18H35N3O2/c1-13(2)12-16(22)20-17(14(3)4)18(23)21-10-7-15(8-11-21)6-9-19-5/h13-15,17,19H,6-12H2,1-5H3,(H,20,22). The maximum absolute atomic E-state index is 12.8. The fraction of sp³-hybridized carbons (Fsp3) is 0.889. The van der Waals surface area contributed by atoms with Crippen molar-refractivity contribution in [2.45, 2.75) is 59.4 Å². The number of likely N-dealkylation sites (tertiary alicyclic amines) is 1. The first-order chi connectivity index (χ1) is 10.8. The molecule has 0 aliphatic carbocycles. The molecule has 1 heterocycles. The molecule has 0 radical (unpaired) electrons. The monoisotopic (exact) mass is 325 g/mol. The third-order valence-electron chi connectivity index (χ3n) is 4.57. The summed E-state index contributed by atoms with van der Waals surface area (Å²) < 4.78 is 0. The van der Waals surface area contributed by atoms with E-state index in [0.717, 1.165) is 32.5 Å². The molecule has 0 aromatic carbocycles. The van der Waals surface area contributed by atoms with Gasteiger partial charge in [-0.1, -0.05) is 27.7 Å². The second-order valence-corrected chi connectivity index (χ2v) is 7.55. The average molecular weight is 325 g/mol. The second-order valence-electron chi connectivity index (χ2n) is 7.55. The van der Waals surface area contributed by atoms with Gasteiger partial charge >= 0.3 is 0 Å². The summed E-state index contributed by atoms with van der Waals surface area (Å²) in [5.74, 6) is 1.20. The van der Waals surface area contributed by atoms with Crippen LogP contribution in [0.5, 0.6) is 0 Å². The summed E-state index contributed by atoms with van der Waals surface area (Å²) in [4.78, 5) is 26.8. The molecule has 5 heteroatoms. The highest BCUT2D eigenvalue weighted by Crippen LogP contribution is 2.21. The summed E-state index contributed by atoms with van der Waals surface area (Å²) >= 11 is 0. The van der Waals surface area contributed by atoms with Crippen LogP contribution in [-0.2, 0) is 9.59 Å². The molecule has 23 heavy (non-hydrogen) atoms. The van der Waals surface area contributed by atoms with Crippen LogP contribution in [-0.4, -0.2) is 49.4 Å². The molecule has 0 spiro atoms. The highest BCUT2D eigenvalue weighted by molar-refractivity contribution is 5.88. The minimum Gasteiger partial charge on any atom is -0.344 e. The Labute approximate surface area is 141 Å². The van der Waals surface area contributed by atoms with Crippen molar-refractivity contribution in [2.24, 2.45) is 17.8 Å². The Balaban J connectivity index is 2.53. The molecule has 0 saturated carbocycles. The van der Waals surface area contributed by atoms with Crippen LogP contribution >= 0.6 is 0 Å². The zero-order valence-corrected chi connectivity index (χ0v) is 15.5. The lowest BCUT2D eigenvalue weighted by Crippen LogP contribution is -2.53. The minimum absolute atomic E-state index is 0.0176. The van der Waals surface area contributed by atoms with Gasteiger partial charge < -0.3 is 15.5 Å². The Morgan fingerprint density at radius 3 is 2.22 bits per heavy atom. The Kier molecular flexibility index (Phi) is 8.59. The molecule has 1 aliphatic rings. The molecule has 0 aromatic heterocycles. The zero-order chi connectivity index (χ0) is 17.4. The SMILES string of the molecule is CNCCC1CCN(C(=O)C(NC(=O)CC(C)C)C(C)C)CC1. The molecular weight excluding hydrogens is 290 g/mol. The van der Waals surface area contributed by atoms with Crippen LogP contribution in [0, 0.1) is 17.8 Å². The van der Waals surface area contributed by atoms with Crippen molar-refractivity contribution in [1.82, 2.24) is 15.5 Å². The van der Waals surface area contributed by atoms with Gasteiger partial charge in [-0.3, -0.25) is 9.59 Å². The smallest absolute Gasteiger partial charge is 0.245 e. The maximum Gasteiger partial charge on any atom is 0.245 e. The van der Waals surface area contributed by atoms with Crippen molar-refractivity contribution < 1.29 is 9.59 Å². The molecule has 1 fully saturated rings. The fourth-order valence-electron chi connectivity index (χ4n) is 3.10. The average Bonchev–Trinajstić information content (AvgIpc) is 2.49. The highest BCUT2D eigenvalue weighted by Gasteiger charge is 2.31. The first-order valence-corrected chi connectivity index (χ1v) is 9.07. The number of rotatable bonds is 8. The number of hydrogen-bond acceptors (Lipinski definition) is 3. The summed E-state index contributed by atoms with van der Waals surface area (Å²) in [7, 11) is 1.98. The normalized spacial score (nSPS) is 17.6. The molecule has 1 rings (SSSR count). The van der Waals surface area contributed by atoms with Crippen molar-refractivity contribution in [2.75, 3.05) is 26.7 Å². The van der Waals surface area contributed by atoms with E-state index in [-0.39, 0.29) is 17.7 Å². The molecule has 0 aromatic rings. The Bertz CT molecular complexity index is 374. The van der Waals surface area contributed by atoms with Gasteiger partial charge in [0.15, 0.2) is 0 Å². The number of carbonyl (C=O) groups excluding carboxylic acids is 2. The quantitative estimate of drug-likeness (QED) is 0.718. The molecule has 5 nitrogen and oxygen atoms in total. The van der Waals surface area contributed by atoms with Crippen LogP contribution in [0.15, 0.2) is 0 Å². The molecule has 134 valence electrons. The predicted octanol–water partition coefficient (Wildman–Crippen LogP) is 2.02. The Hall–Kier alpha value is -1.10. The van der Waals surface area contributed by atoms with E-state index in [1.165, 1.54) is 6.42 Å².